The number of aryl methyl sites for hydroxylation is 1. The Balaban J connectivity index is 1.67. The van der Waals surface area contributed by atoms with Gasteiger partial charge in [0.25, 0.3) is 5.91 Å². The van der Waals surface area contributed by atoms with Crippen molar-refractivity contribution < 1.29 is 23.5 Å². The number of nitrogens with one attached hydrogen (secondary N) is 2. The molecule has 0 aliphatic heterocycles. The number of likely N-dealkylation sites (N-methyl/N-ethyl adjacent to an activating group) is 1. The molecule has 0 aliphatic rings. The van der Waals surface area contributed by atoms with E-state index in [4.69, 9.17) is 4.74 Å². The molecule has 2 aromatic heterocycles. The fourth-order valence-corrected chi connectivity index (χ4v) is 3.66. The first-order valence-electron chi connectivity index (χ1n) is 8.73. The van der Waals surface area contributed by atoms with Crippen molar-refractivity contribution in [2.24, 2.45) is 0 Å². The number of halogens is 1. The molecular weight excluding hydrogens is 399 g/mol. The summed E-state index contributed by atoms with van der Waals surface area (Å²) in [7, 11) is 1.45. The Labute approximate surface area is 169 Å². The van der Waals surface area contributed by atoms with Crippen molar-refractivity contribution in [3.05, 3.63) is 52.3 Å². The van der Waals surface area contributed by atoms with E-state index in [1.807, 2.05) is 6.92 Å². The van der Waals surface area contributed by atoms with E-state index in [1.165, 1.54) is 30.5 Å². The van der Waals surface area contributed by atoms with Crippen molar-refractivity contribution in [2.45, 2.75) is 13.5 Å². The van der Waals surface area contributed by atoms with E-state index in [0.29, 0.717) is 11.4 Å². The summed E-state index contributed by atoms with van der Waals surface area (Å²) >= 11 is 1.20. The summed E-state index contributed by atoms with van der Waals surface area (Å²) in [5.74, 6) is -1.86. The topological polar surface area (TPSA) is 102 Å². The molecule has 1 aromatic carbocycles. The molecule has 0 aliphatic carbocycles. The first-order chi connectivity index (χ1) is 13.9. The number of fused-ring (bicyclic) bond motifs is 1. The highest BCUT2D eigenvalue weighted by atomic mass is 32.1. The van der Waals surface area contributed by atoms with Crippen LogP contribution in [0.5, 0.6) is 0 Å². The van der Waals surface area contributed by atoms with Crippen LogP contribution in [-0.2, 0) is 20.9 Å². The number of carbonyl (C=O) groups excluding carboxylic acids is 3. The van der Waals surface area contributed by atoms with Crippen LogP contribution in [0.15, 0.2) is 30.3 Å². The van der Waals surface area contributed by atoms with Gasteiger partial charge in [-0.2, -0.15) is 5.10 Å². The van der Waals surface area contributed by atoms with E-state index >= 15 is 0 Å². The number of nitrogens with zero attached hydrogens (tertiary/aromatic N) is 2. The molecule has 0 fully saturated rings. The SMILES string of the molecule is CNC(=O)CNC(=O)COC(=O)c1cc2c(C)nn(Cc3ccc(F)cc3)c2s1. The molecule has 0 saturated heterocycles. The van der Waals surface area contributed by atoms with Gasteiger partial charge in [-0.3, -0.25) is 14.3 Å². The van der Waals surface area contributed by atoms with E-state index in [0.717, 1.165) is 21.5 Å². The van der Waals surface area contributed by atoms with Crippen molar-refractivity contribution in [2.75, 3.05) is 20.2 Å². The molecule has 3 rings (SSSR count). The molecule has 0 radical (unpaired) electrons. The summed E-state index contributed by atoms with van der Waals surface area (Å²) in [5.41, 5.74) is 1.63. The van der Waals surface area contributed by atoms with E-state index in [2.05, 4.69) is 15.7 Å². The lowest BCUT2D eigenvalue weighted by atomic mass is 10.2. The molecule has 2 N–H and O–H groups in total. The van der Waals surface area contributed by atoms with Crippen LogP contribution >= 0.6 is 11.3 Å². The molecule has 29 heavy (non-hydrogen) atoms. The van der Waals surface area contributed by atoms with Gasteiger partial charge >= 0.3 is 5.97 Å². The molecule has 0 spiro atoms. The summed E-state index contributed by atoms with van der Waals surface area (Å²) in [4.78, 5) is 36.2. The highest BCUT2D eigenvalue weighted by molar-refractivity contribution is 7.20. The van der Waals surface area contributed by atoms with Gasteiger partial charge in [-0.05, 0) is 30.7 Å². The third-order valence-electron chi connectivity index (χ3n) is 4.11. The predicted octanol–water partition coefficient (Wildman–Crippen LogP) is 1.61. The van der Waals surface area contributed by atoms with Gasteiger partial charge in [-0.25, -0.2) is 9.18 Å². The first-order valence-corrected chi connectivity index (χ1v) is 9.55. The van der Waals surface area contributed by atoms with Gasteiger partial charge in [0.2, 0.25) is 5.91 Å². The molecule has 10 heteroatoms. The van der Waals surface area contributed by atoms with Gasteiger partial charge in [0.1, 0.15) is 15.5 Å². The monoisotopic (exact) mass is 418 g/mol. The molecule has 3 aromatic rings. The van der Waals surface area contributed by atoms with Crippen LogP contribution < -0.4 is 10.6 Å². The number of hydrogen-bond acceptors (Lipinski definition) is 6. The minimum atomic E-state index is -0.631. The van der Waals surface area contributed by atoms with Crippen molar-refractivity contribution >= 4 is 39.3 Å². The molecule has 8 nitrogen and oxygen atoms in total. The van der Waals surface area contributed by atoms with Gasteiger partial charge < -0.3 is 15.4 Å². The maximum atomic E-state index is 13.1. The molecule has 0 saturated carbocycles. The average molecular weight is 418 g/mol. The number of aromatic nitrogens is 2. The smallest absolute Gasteiger partial charge is 0.348 e. The molecule has 0 atom stereocenters. The van der Waals surface area contributed by atoms with E-state index in [-0.39, 0.29) is 18.3 Å². The highest BCUT2D eigenvalue weighted by Crippen LogP contribution is 2.29. The number of carbonyl (C=O) groups is 3. The summed E-state index contributed by atoms with van der Waals surface area (Å²) < 4.78 is 19.9. The number of rotatable bonds is 7. The van der Waals surface area contributed by atoms with Crippen molar-refractivity contribution in [1.29, 1.82) is 0 Å². The quantitative estimate of drug-likeness (QED) is 0.568. The van der Waals surface area contributed by atoms with Crippen LogP contribution in [0.3, 0.4) is 0 Å². The Bertz CT molecular complexity index is 1060. The van der Waals surface area contributed by atoms with Crippen LogP contribution in [-0.4, -0.2) is 47.8 Å². The Kier molecular flexibility index (Phi) is 6.23. The second kappa shape index (κ2) is 8.82. The van der Waals surface area contributed by atoms with Crippen LogP contribution in [0.25, 0.3) is 10.2 Å². The Hall–Kier alpha value is -3.27. The minimum absolute atomic E-state index is 0.186. The van der Waals surface area contributed by atoms with Crippen molar-refractivity contribution in [1.82, 2.24) is 20.4 Å². The number of hydrogen-bond donors (Lipinski definition) is 2. The Morgan fingerprint density at radius 2 is 1.93 bits per heavy atom. The van der Waals surface area contributed by atoms with Gasteiger partial charge in [0, 0.05) is 12.4 Å². The lowest BCUT2D eigenvalue weighted by Crippen LogP contribution is -2.37. The number of thiophene rings is 1. The zero-order valence-electron chi connectivity index (χ0n) is 15.8. The number of amides is 2. The number of esters is 1. The average Bonchev–Trinajstić information content (AvgIpc) is 3.27. The minimum Gasteiger partial charge on any atom is -0.451 e. The van der Waals surface area contributed by atoms with Crippen LogP contribution in [0, 0.1) is 12.7 Å². The zero-order valence-corrected chi connectivity index (χ0v) is 16.6. The first kappa shape index (κ1) is 20.5. The van der Waals surface area contributed by atoms with E-state index in [9.17, 15) is 18.8 Å². The lowest BCUT2D eigenvalue weighted by Gasteiger charge is -2.05. The van der Waals surface area contributed by atoms with Gasteiger partial charge in [0.15, 0.2) is 6.61 Å². The summed E-state index contributed by atoms with van der Waals surface area (Å²) in [5, 5.41) is 10.00. The second-order valence-electron chi connectivity index (χ2n) is 6.23. The normalized spacial score (nSPS) is 10.7. The maximum Gasteiger partial charge on any atom is 0.348 e. The number of ether oxygens (including phenoxy) is 1. The third-order valence-corrected chi connectivity index (χ3v) is 5.24. The van der Waals surface area contributed by atoms with E-state index in [1.54, 1.807) is 22.9 Å². The summed E-state index contributed by atoms with van der Waals surface area (Å²) in [6, 6.07) is 7.80. The van der Waals surface area contributed by atoms with Crippen molar-refractivity contribution in [3.63, 3.8) is 0 Å². The van der Waals surface area contributed by atoms with Crippen LogP contribution in [0.2, 0.25) is 0 Å². The third kappa shape index (κ3) is 4.96. The second-order valence-corrected chi connectivity index (χ2v) is 7.26. The summed E-state index contributed by atoms with van der Waals surface area (Å²) in [6.07, 6.45) is 0. The summed E-state index contributed by atoms with van der Waals surface area (Å²) in [6.45, 7) is 1.60. The maximum absolute atomic E-state index is 13.1. The molecular formula is C19H19FN4O4S. The fraction of sp³-hybridized carbons (Fsp3) is 0.263. The van der Waals surface area contributed by atoms with Gasteiger partial charge in [-0.1, -0.05) is 12.1 Å². The van der Waals surface area contributed by atoms with Crippen LogP contribution in [0.4, 0.5) is 4.39 Å². The predicted molar refractivity (Wildman–Crippen MR) is 105 cm³/mol. The van der Waals surface area contributed by atoms with E-state index < -0.39 is 18.5 Å². The Morgan fingerprint density at radius 3 is 2.62 bits per heavy atom. The molecule has 0 unspecified atom stereocenters. The van der Waals surface area contributed by atoms with Gasteiger partial charge in [-0.15, -0.1) is 11.3 Å². The standard InChI is InChI=1S/C19H19FN4O4S/c1-11-14-7-15(19(27)28-10-17(26)22-8-16(25)21-2)29-18(14)24(23-11)9-12-3-5-13(20)6-4-12/h3-7H,8-10H2,1-2H3,(H,21,25)(H,22,26). The molecule has 152 valence electrons. The molecule has 2 amide bonds. The Morgan fingerprint density at radius 1 is 1.21 bits per heavy atom. The van der Waals surface area contributed by atoms with Crippen molar-refractivity contribution in [3.8, 4) is 0 Å². The fourth-order valence-electron chi connectivity index (χ4n) is 2.60. The highest BCUT2D eigenvalue weighted by Gasteiger charge is 2.18. The van der Waals surface area contributed by atoms with Gasteiger partial charge in [0.05, 0.1) is 18.8 Å². The molecule has 0 bridgehead atoms. The molecule has 2 heterocycles. The lowest BCUT2D eigenvalue weighted by molar-refractivity contribution is -0.127. The number of benzene rings is 1. The largest absolute Gasteiger partial charge is 0.451 e. The van der Waals surface area contributed by atoms with Crippen LogP contribution in [0.1, 0.15) is 20.9 Å². The zero-order chi connectivity index (χ0) is 21.0.